The molecule has 0 aliphatic heterocycles. The summed E-state index contributed by atoms with van der Waals surface area (Å²) in [6.07, 6.45) is 3.90. The quantitative estimate of drug-likeness (QED) is 0.829. The lowest BCUT2D eigenvalue weighted by Gasteiger charge is -2.32. The predicted octanol–water partition coefficient (Wildman–Crippen LogP) is 4.23. The van der Waals surface area contributed by atoms with Crippen molar-refractivity contribution in [2.24, 2.45) is 11.8 Å². The molecule has 0 heterocycles. The number of benzene rings is 1. The molecule has 0 amide bonds. The molecule has 1 aromatic rings. The van der Waals surface area contributed by atoms with Gasteiger partial charge in [0.2, 0.25) is 0 Å². The maximum atomic E-state index is 6.03. The van der Waals surface area contributed by atoms with Gasteiger partial charge in [-0.1, -0.05) is 29.8 Å². The molecule has 0 aromatic heterocycles. The number of anilines is 1. The number of rotatable bonds is 2. The molecule has 1 fully saturated rings. The maximum absolute atomic E-state index is 6.03. The van der Waals surface area contributed by atoms with Gasteiger partial charge in [-0.3, -0.25) is 0 Å². The van der Waals surface area contributed by atoms with E-state index in [4.69, 9.17) is 10.5 Å². The summed E-state index contributed by atoms with van der Waals surface area (Å²) in [7, 11) is 0. The molecule has 3 atom stereocenters. The molecule has 17 heavy (non-hydrogen) atoms. The first-order chi connectivity index (χ1) is 8.04. The minimum atomic E-state index is 0.342. The van der Waals surface area contributed by atoms with Gasteiger partial charge in [-0.25, -0.2) is 0 Å². The Morgan fingerprint density at radius 2 is 1.94 bits per heavy atom. The molecule has 3 heteroatoms. The molecule has 2 N–H and O–H groups in total. The second-order valence-electron chi connectivity index (χ2n) is 5.23. The molecular formula is C14H20BrNO. The fourth-order valence-electron chi connectivity index (χ4n) is 2.45. The normalized spacial score (nSPS) is 29.0. The van der Waals surface area contributed by atoms with Gasteiger partial charge in [-0.2, -0.15) is 0 Å². The van der Waals surface area contributed by atoms with Crippen molar-refractivity contribution < 1.29 is 4.74 Å². The molecule has 0 radical (unpaired) electrons. The van der Waals surface area contributed by atoms with Gasteiger partial charge in [-0.15, -0.1) is 0 Å². The van der Waals surface area contributed by atoms with Gasteiger partial charge in [0.05, 0.1) is 6.10 Å². The van der Waals surface area contributed by atoms with Gasteiger partial charge >= 0.3 is 0 Å². The monoisotopic (exact) mass is 297 g/mol. The number of nitrogen functional groups attached to an aromatic ring is 1. The Labute approximate surface area is 112 Å². The summed E-state index contributed by atoms with van der Waals surface area (Å²) in [6.45, 7) is 4.65. The Kier molecular flexibility index (Phi) is 3.97. The Morgan fingerprint density at radius 3 is 2.59 bits per heavy atom. The van der Waals surface area contributed by atoms with Crippen LogP contribution in [-0.2, 0) is 0 Å². The first kappa shape index (κ1) is 12.7. The van der Waals surface area contributed by atoms with E-state index in [9.17, 15) is 0 Å². The molecular weight excluding hydrogens is 278 g/mol. The first-order valence-electron chi connectivity index (χ1n) is 6.27. The van der Waals surface area contributed by atoms with Crippen molar-refractivity contribution in [3.05, 3.63) is 22.7 Å². The van der Waals surface area contributed by atoms with Crippen LogP contribution in [0.3, 0.4) is 0 Å². The lowest BCUT2D eigenvalue weighted by molar-refractivity contribution is 0.101. The van der Waals surface area contributed by atoms with E-state index in [1.807, 2.05) is 18.2 Å². The largest absolute Gasteiger partial charge is 0.490 e. The van der Waals surface area contributed by atoms with Crippen LogP contribution in [0.25, 0.3) is 0 Å². The SMILES string of the molecule is CC1CCC(Oc2cc(N)cc(Br)c2)CC1C. The van der Waals surface area contributed by atoms with Crippen molar-refractivity contribution in [3.63, 3.8) is 0 Å². The standard InChI is InChI=1S/C14H20BrNO/c1-9-3-4-13(5-10(9)2)17-14-7-11(15)6-12(16)8-14/h6-10,13H,3-5,16H2,1-2H3. The number of hydrogen-bond donors (Lipinski definition) is 1. The van der Waals surface area contributed by atoms with Gasteiger partial charge in [0, 0.05) is 16.2 Å². The smallest absolute Gasteiger partial charge is 0.122 e. The van der Waals surface area contributed by atoms with Gasteiger partial charge in [0.25, 0.3) is 0 Å². The summed E-state index contributed by atoms with van der Waals surface area (Å²) in [6, 6.07) is 5.77. The summed E-state index contributed by atoms with van der Waals surface area (Å²) in [4.78, 5) is 0. The average molecular weight is 298 g/mol. The summed E-state index contributed by atoms with van der Waals surface area (Å²) in [5.74, 6) is 2.45. The zero-order valence-electron chi connectivity index (χ0n) is 10.4. The molecule has 0 spiro atoms. The van der Waals surface area contributed by atoms with E-state index in [2.05, 4.69) is 29.8 Å². The molecule has 94 valence electrons. The van der Waals surface area contributed by atoms with E-state index in [-0.39, 0.29) is 0 Å². The first-order valence-corrected chi connectivity index (χ1v) is 7.06. The average Bonchev–Trinajstić information content (AvgIpc) is 2.22. The van der Waals surface area contributed by atoms with Gasteiger partial charge in [-0.05, 0) is 43.2 Å². The Bertz CT molecular complexity index is 374. The van der Waals surface area contributed by atoms with Crippen molar-refractivity contribution in [1.29, 1.82) is 0 Å². The molecule has 3 unspecified atom stereocenters. The van der Waals surface area contributed by atoms with Crippen LogP contribution in [0, 0.1) is 11.8 Å². The van der Waals surface area contributed by atoms with Crippen LogP contribution in [0.2, 0.25) is 0 Å². The Hall–Kier alpha value is -0.700. The molecule has 1 aliphatic carbocycles. The van der Waals surface area contributed by atoms with Crippen LogP contribution >= 0.6 is 15.9 Å². The van der Waals surface area contributed by atoms with Crippen LogP contribution in [-0.4, -0.2) is 6.10 Å². The van der Waals surface area contributed by atoms with E-state index in [0.29, 0.717) is 6.10 Å². The summed E-state index contributed by atoms with van der Waals surface area (Å²) < 4.78 is 7.00. The van der Waals surface area contributed by atoms with E-state index in [1.165, 1.54) is 6.42 Å². The summed E-state index contributed by atoms with van der Waals surface area (Å²) in [5, 5.41) is 0. The van der Waals surface area contributed by atoms with Crippen LogP contribution in [0.4, 0.5) is 5.69 Å². The van der Waals surface area contributed by atoms with E-state index in [0.717, 1.165) is 40.6 Å². The third kappa shape index (κ3) is 3.38. The molecule has 2 nitrogen and oxygen atoms in total. The highest BCUT2D eigenvalue weighted by molar-refractivity contribution is 9.10. The molecule has 1 aromatic carbocycles. The fourth-order valence-corrected chi connectivity index (χ4v) is 2.94. The van der Waals surface area contributed by atoms with E-state index >= 15 is 0 Å². The topological polar surface area (TPSA) is 35.2 Å². The summed E-state index contributed by atoms with van der Waals surface area (Å²) >= 11 is 3.44. The molecule has 1 saturated carbocycles. The van der Waals surface area contributed by atoms with Gasteiger partial charge < -0.3 is 10.5 Å². The number of ether oxygens (including phenoxy) is 1. The lowest BCUT2D eigenvalue weighted by Crippen LogP contribution is -2.28. The van der Waals surface area contributed by atoms with Gasteiger partial charge in [0.1, 0.15) is 5.75 Å². The van der Waals surface area contributed by atoms with E-state index in [1.54, 1.807) is 0 Å². The summed E-state index contributed by atoms with van der Waals surface area (Å²) in [5.41, 5.74) is 6.55. The Morgan fingerprint density at radius 1 is 1.18 bits per heavy atom. The second kappa shape index (κ2) is 5.30. The molecule has 1 aliphatic rings. The van der Waals surface area contributed by atoms with Crippen LogP contribution < -0.4 is 10.5 Å². The second-order valence-corrected chi connectivity index (χ2v) is 6.14. The van der Waals surface area contributed by atoms with Crippen molar-refractivity contribution >= 4 is 21.6 Å². The molecule has 2 rings (SSSR count). The van der Waals surface area contributed by atoms with Crippen molar-refractivity contribution in [3.8, 4) is 5.75 Å². The fraction of sp³-hybridized carbons (Fsp3) is 0.571. The minimum Gasteiger partial charge on any atom is -0.490 e. The highest BCUT2D eigenvalue weighted by Crippen LogP contribution is 2.33. The third-order valence-electron chi connectivity index (χ3n) is 3.75. The van der Waals surface area contributed by atoms with Crippen molar-refractivity contribution in [2.45, 2.75) is 39.2 Å². The highest BCUT2D eigenvalue weighted by Gasteiger charge is 2.25. The van der Waals surface area contributed by atoms with Crippen LogP contribution in [0.15, 0.2) is 22.7 Å². The third-order valence-corrected chi connectivity index (χ3v) is 4.20. The molecule has 0 bridgehead atoms. The zero-order valence-corrected chi connectivity index (χ0v) is 12.0. The predicted molar refractivity (Wildman–Crippen MR) is 75.1 cm³/mol. The Balaban J connectivity index is 2.01. The van der Waals surface area contributed by atoms with Gasteiger partial charge in [0.15, 0.2) is 0 Å². The van der Waals surface area contributed by atoms with Crippen molar-refractivity contribution in [2.75, 3.05) is 5.73 Å². The highest BCUT2D eigenvalue weighted by atomic mass is 79.9. The molecule has 0 saturated heterocycles. The zero-order chi connectivity index (χ0) is 12.4. The minimum absolute atomic E-state index is 0.342. The number of hydrogen-bond acceptors (Lipinski definition) is 2. The maximum Gasteiger partial charge on any atom is 0.122 e. The van der Waals surface area contributed by atoms with Crippen LogP contribution in [0.5, 0.6) is 5.75 Å². The number of halogens is 1. The van der Waals surface area contributed by atoms with Crippen molar-refractivity contribution in [1.82, 2.24) is 0 Å². The van der Waals surface area contributed by atoms with E-state index < -0.39 is 0 Å². The van der Waals surface area contributed by atoms with Crippen LogP contribution in [0.1, 0.15) is 33.1 Å². The lowest BCUT2D eigenvalue weighted by atomic mass is 9.80. The number of nitrogens with two attached hydrogens (primary N) is 1.